The summed E-state index contributed by atoms with van der Waals surface area (Å²) in [6, 6.07) is 14.6. The Morgan fingerprint density at radius 1 is 1.11 bits per heavy atom. The highest BCUT2D eigenvalue weighted by atomic mass is 32.2. The maximum absolute atomic E-state index is 13.0. The highest BCUT2D eigenvalue weighted by Crippen LogP contribution is 2.29. The summed E-state index contributed by atoms with van der Waals surface area (Å²) in [6.45, 7) is 7.30. The molecule has 0 saturated carbocycles. The van der Waals surface area contributed by atoms with Gasteiger partial charge in [-0.3, -0.25) is 4.79 Å². The lowest BCUT2D eigenvalue weighted by atomic mass is 9.96. The van der Waals surface area contributed by atoms with E-state index >= 15 is 0 Å². The van der Waals surface area contributed by atoms with Crippen molar-refractivity contribution in [2.45, 2.75) is 49.4 Å². The average Bonchev–Trinajstić information content (AvgIpc) is 2.61. The van der Waals surface area contributed by atoms with Gasteiger partial charge in [-0.25, -0.2) is 13.1 Å². The number of thioether (sulfide) groups is 1. The maximum atomic E-state index is 13.0. The number of hydrogen-bond acceptors (Lipinski definition) is 4. The fourth-order valence-electron chi connectivity index (χ4n) is 2.79. The van der Waals surface area contributed by atoms with Crippen LogP contribution in [0.3, 0.4) is 0 Å². The summed E-state index contributed by atoms with van der Waals surface area (Å²) in [4.78, 5) is 13.0. The summed E-state index contributed by atoms with van der Waals surface area (Å²) in [5.41, 5.74) is 0.896. The average molecular weight is 421 g/mol. The molecule has 0 fully saturated rings. The second kappa shape index (κ2) is 9.11. The third-order valence-electron chi connectivity index (χ3n) is 4.16. The number of amides is 1. The molecule has 152 valence electrons. The number of anilines is 1. The number of carbonyl (C=O) groups is 1. The Morgan fingerprint density at radius 3 is 2.32 bits per heavy atom. The maximum Gasteiger partial charge on any atom is 0.241 e. The van der Waals surface area contributed by atoms with Gasteiger partial charge in [0.05, 0.1) is 10.6 Å². The van der Waals surface area contributed by atoms with Crippen LogP contribution in [0.25, 0.3) is 0 Å². The number of sulfonamides is 1. The van der Waals surface area contributed by atoms with Gasteiger partial charge in [-0.2, -0.15) is 0 Å². The minimum Gasteiger partial charge on any atom is -0.325 e. The SMILES string of the molecule is CSc1ccc(S(=O)(=O)NC(C)(C)Cc2ccccc2)cc1NC(=O)C(C)C. The molecule has 0 aliphatic carbocycles. The smallest absolute Gasteiger partial charge is 0.241 e. The van der Waals surface area contributed by atoms with Crippen molar-refractivity contribution in [3.63, 3.8) is 0 Å². The molecule has 2 rings (SSSR count). The van der Waals surface area contributed by atoms with Crippen LogP contribution in [0.4, 0.5) is 5.69 Å². The lowest BCUT2D eigenvalue weighted by Gasteiger charge is -2.26. The van der Waals surface area contributed by atoms with Crippen LogP contribution in [0.5, 0.6) is 0 Å². The summed E-state index contributed by atoms with van der Waals surface area (Å²) in [5, 5.41) is 2.82. The Hall–Kier alpha value is -1.83. The molecule has 2 N–H and O–H groups in total. The third kappa shape index (κ3) is 6.09. The fraction of sp³-hybridized carbons (Fsp3) is 0.381. The van der Waals surface area contributed by atoms with Crippen LogP contribution in [0.2, 0.25) is 0 Å². The lowest BCUT2D eigenvalue weighted by Crippen LogP contribution is -2.45. The van der Waals surface area contributed by atoms with Crippen LogP contribution in [-0.2, 0) is 21.2 Å². The van der Waals surface area contributed by atoms with Crippen molar-refractivity contribution in [2.75, 3.05) is 11.6 Å². The van der Waals surface area contributed by atoms with E-state index in [1.165, 1.54) is 17.8 Å². The van der Waals surface area contributed by atoms with E-state index < -0.39 is 15.6 Å². The van der Waals surface area contributed by atoms with Gasteiger partial charge in [0.15, 0.2) is 0 Å². The fourth-order valence-corrected chi connectivity index (χ4v) is 4.77. The van der Waals surface area contributed by atoms with Crippen LogP contribution in [0, 0.1) is 5.92 Å². The summed E-state index contributed by atoms with van der Waals surface area (Å²) in [5.74, 6) is -0.347. The standard InChI is InChI=1S/C21H28N2O3S2/c1-15(2)20(24)22-18-13-17(11-12-19(18)27-5)28(25,26)23-21(3,4)14-16-9-7-6-8-10-16/h6-13,15,23H,14H2,1-5H3,(H,22,24). The molecule has 28 heavy (non-hydrogen) atoms. The van der Waals surface area contributed by atoms with E-state index in [2.05, 4.69) is 10.0 Å². The number of benzene rings is 2. The molecular weight excluding hydrogens is 392 g/mol. The van der Waals surface area contributed by atoms with E-state index in [9.17, 15) is 13.2 Å². The largest absolute Gasteiger partial charge is 0.325 e. The van der Waals surface area contributed by atoms with Gasteiger partial charge < -0.3 is 5.32 Å². The van der Waals surface area contributed by atoms with Gasteiger partial charge in [0.25, 0.3) is 0 Å². The number of hydrogen-bond donors (Lipinski definition) is 2. The van der Waals surface area contributed by atoms with Gasteiger partial charge in [0.2, 0.25) is 15.9 Å². The first-order valence-electron chi connectivity index (χ1n) is 9.11. The lowest BCUT2D eigenvalue weighted by molar-refractivity contribution is -0.118. The van der Waals surface area contributed by atoms with Crippen LogP contribution in [0.1, 0.15) is 33.3 Å². The minimum absolute atomic E-state index is 0.130. The van der Waals surface area contributed by atoms with Gasteiger partial charge >= 0.3 is 0 Å². The molecule has 5 nitrogen and oxygen atoms in total. The van der Waals surface area contributed by atoms with Crippen LogP contribution in [0.15, 0.2) is 58.3 Å². The zero-order valence-electron chi connectivity index (χ0n) is 16.9. The van der Waals surface area contributed by atoms with Crippen molar-refractivity contribution in [3.05, 3.63) is 54.1 Å². The Bertz CT molecular complexity index is 924. The van der Waals surface area contributed by atoms with E-state index in [1.54, 1.807) is 26.0 Å². The highest BCUT2D eigenvalue weighted by molar-refractivity contribution is 7.98. The predicted molar refractivity (Wildman–Crippen MR) is 116 cm³/mol. The molecule has 0 atom stereocenters. The molecule has 2 aromatic carbocycles. The molecule has 0 aliphatic rings. The van der Waals surface area contributed by atoms with Crippen molar-refractivity contribution >= 4 is 33.4 Å². The van der Waals surface area contributed by atoms with Crippen LogP contribution >= 0.6 is 11.8 Å². The van der Waals surface area contributed by atoms with Gasteiger partial charge in [-0.1, -0.05) is 44.2 Å². The second-order valence-corrected chi connectivity index (χ2v) is 10.2. The Balaban J connectivity index is 2.28. The monoisotopic (exact) mass is 420 g/mol. The zero-order chi connectivity index (χ0) is 20.9. The molecule has 2 aromatic rings. The van der Waals surface area contributed by atoms with Crippen LogP contribution in [-0.4, -0.2) is 26.1 Å². The quantitative estimate of drug-likeness (QED) is 0.624. The minimum atomic E-state index is -3.75. The first-order chi connectivity index (χ1) is 13.0. The number of carbonyl (C=O) groups excluding carboxylic acids is 1. The molecule has 0 bridgehead atoms. The third-order valence-corrected chi connectivity index (χ3v) is 6.65. The first kappa shape index (κ1) is 22.5. The molecule has 0 saturated heterocycles. The molecule has 7 heteroatoms. The number of nitrogens with one attached hydrogen (secondary N) is 2. The van der Waals surface area contributed by atoms with E-state index in [-0.39, 0.29) is 16.7 Å². The second-order valence-electron chi connectivity index (χ2n) is 7.66. The van der Waals surface area contributed by atoms with E-state index in [1.807, 2.05) is 50.4 Å². The Kier molecular flexibility index (Phi) is 7.31. The molecule has 0 aliphatic heterocycles. The normalized spacial score (nSPS) is 12.2. The first-order valence-corrected chi connectivity index (χ1v) is 11.8. The van der Waals surface area contributed by atoms with Crippen molar-refractivity contribution < 1.29 is 13.2 Å². The van der Waals surface area contributed by atoms with Crippen molar-refractivity contribution in [1.82, 2.24) is 4.72 Å². The molecule has 0 unspecified atom stereocenters. The Morgan fingerprint density at radius 2 is 1.75 bits per heavy atom. The van der Waals surface area contributed by atoms with Crippen molar-refractivity contribution in [1.29, 1.82) is 0 Å². The van der Waals surface area contributed by atoms with Crippen molar-refractivity contribution in [3.8, 4) is 0 Å². The molecular formula is C21H28N2O3S2. The van der Waals surface area contributed by atoms with Gasteiger partial charge in [-0.15, -0.1) is 11.8 Å². The zero-order valence-corrected chi connectivity index (χ0v) is 18.6. The molecule has 0 aromatic heterocycles. The summed E-state index contributed by atoms with van der Waals surface area (Å²) in [7, 11) is -3.75. The van der Waals surface area contributed by atoms with Crippen molar-refractivity contribution in [2.24, 2.45) is 5.92 Å². The predicted octanol–water partition coefficient (Wildman–Crippen LogP) is 4.30. The Labute approximate surface area is 172 Å². The molecule has 0 spiro atoms. The summed E-state index contributed by atoms with van der Waals surface area (Å²) >= 11 is 1.45. The van der Waals surface area contributed by atoms with E-state index in [0.29, 0.717) is 12.1 Å². The number of rotatable bonds is 8. The van der Waals surface area contributed by atoms with E-state index in [0.717, 1.165) is 10.5 Å². The van der Waals surface area contributed by atoms with Crippen LogP contribution < -0.4 is 10.0 Å². The van der Waals surface area contributed by atoms with Gasteiger partial charge in [-0.05, 0) is 50.3 Å². The van der Waals surface area contributed by atoms with E-state index in [4.69, 9.17) is 0 Å². The molecule has 0 heterocycles. The van der Waals surface area contributed by atoms with Gasteiger partial charge in [0.1, 0.15) is 0 Å². The van der Waals surface area contributed by atoms with Gasteiger partial charge in [0, 0.05) is 16.4 Å². The topological polar surface area (TPSA) is 75.3 Å². The summed E-state index contributed by atoms with van der Waals surface area (Å²) in [6.07, 6.45) is 2.45. The summed E-state index contributed by atoms with van der Waals surface area (Å²) < 4.78 is 28.7. The highest BCUT2D eigenvalue weighted by Gasteiger charge is 2.27. The molecule has 0 radical (unpaired) electrons. The molecule has 1 amide bonds.